The second-order valence-electron chi connectivity index (χ2n) is 10.7. The van der Waals surface area contributed by atoms with E-state index in [1.165, 1.54) is 0 Å². The molecule has 0 aliphatic heterocycles. The summed E-state index contributed by atoms with van der Waals surface area (Å²) >= 11 is 0. The second-order valence-corrected chi connectivity index (χ2v) is 12.3. The molecule has 0 aromatic rings. The van der Waals surface area contributed by atoms with Gasteiger partial charge in [-0.1, -0.05) is 25.5 Å². The van der Waals surface area contributed by atoms with Crippen LogP contribution < -0.4 is 0 Å². The van der Waals surface area contributed by atoms with Crippen molar-refractivity contribution in [1.82, 2.24) is 0 Å². The highest BCUT2D eigenvalue weighted by Crippen LogP contribution is 2.67. The van der Waals surface area contributed by atoms with Crippen molar-refractivity contribution >= 4 is 21.7 Å². The van der Waals surface area contributed by atoms with E-state index in [2.05, 4.69) is 0 Å². The minimum Gasteiger partial charge on any atom is -0.393 e. The van der Waals surface area contributed by atoms with Crippen molar-refractivity contribution in [3.8, 4) is 0 Å². The summed E-state index contributed by atoms with van der Waals surface area (Å²) in [7, 11) is -3.67. The number of ether oxygens (including phenoxy) is 1. The number of ketones is 2. The van der Waals surface area contributed by atoms with Crippen molar-refractivity contribution in [3.05, 3.63) is 23.8 Å². The predicted molar refractivity (Wildman–Crippen MR) is 121 cm³/mol. The Balaban J connectivity index is 1.66. The fraction of sp³-hybridized carbons (Fsp3) is 0.750. The van der Waals surface area contributed by atoms with Gasteiger partial charge < -0.3 is 20.1 Å². The number of Topliss-reactive ketones (excluding diaryl/α,β-unsaturated/α-hetero) is 1. The van der Waals surface area contributed by atoms with Gasteiger partial charge in [-0.2, -0.15) is 8.42 Å². The van der Waals surface area contributed by atoms with Gasteiger partial charge in [0.2, 0.25) is 0 Å². The van der Waals surface area contributed by atoms with Crippen LogP contribution in [0.25, 0.3) is 0 Å². The van der Waals surface area contributed by atoms with Crippen LogP contribution in [-0.2, 0) is 28.6 Å². The lowest BCUT2D eigenvalue weighted by atomic mass is 9.46. The Kier molecular flexibility index (Phi) is 6.49. The molecule has 0 amide bonds. The normalized spacial score (nSPS) is 43.6. The number of hydrogen-bond acceptors (Lipinski definition) is 9. The lowest BCUT2D eigenvalue weighted by Gasteiger charge is -2.59. The highest BCUT2D eigenvalue weighted by Gasteiger charge is 2.71. The molecule has 3 fully saturated rings. The van der Waals surface area contributed by atoms with Gasteiger partial charge in [0.15, 0.2) is 17.2 Å². The predicted octanol–water partition coefficient (Wildman–Crippen LogP) is 0.529. The van der Waals surface area contributed by atoms with E-state index >= 15 is 0 Å². The number of carbonyl (C=O) groups excluding carboxylic acids is 2. The van der Waals surface area contributed by atoms with Crippen molar-refractivity contribution in [2.45, 2.75) is 57.3 Å². The Morgan fingerprint density at radius 3 is 2.62 bits per heavy atom. The van der Waals surface area contributed by atoms with Crippen LogP contribution >= 0.6 is 0 Å². The summed E-state index contributed by atoms with van der Waals surface area (Å²) in [6.45, 7) is 2.50. The number of aliphatic hydroxyl groups is 3. The summed E-state index contributed by atoms with van der Waals surface area (Å²) in [4.78, 5) is 24.9. The first-order valence-corrected chi connectivity index (χ1v) is 13.5. The van der Waals surface area contributed by atoms with Crippen LogP contribution in [0.15, 0.2) is 23.8 Å². The van der Waals surface area contributed by atoms with Crippen molar-refractivity contribution < 1.29 is 42.2 Å². The Hall–Kier alpha value is -1.43. The molecule has 4 aliphatic carbocycles. The zero-order valence-electron chi connectivity index (χ0n) is 19.8. The number of aliphatic hydroxyl groups excluding tert-OH is 2. The molecule has 0 bridgehead atoms. The largest absolute Gasteiger partial charge is 0.393 e. The van der Waals surface area contributed by atoms with Gasteiger partial charge in [-0.05, 0) is 49.7 Å². The summed E-state index contributed by atoms with van der Waals surface area (Å²) in [5.41, 5.74) is -2.60. The van der Waals surface area contributed by atoms with E-state index in [0.717, 1.165) is 11.8 Å². The molecule has 8 atom stereocenters. The Morgan fingerprint density at radius 1 is 1.26 bits per heavy atom. The van der Waals surface area contributed by atoms with E-state index in [1.54, 1.807) is 19.1 Å². The smallest absolute Gasteiger partial charge is 0.264 e. The van der Waals surface area contributed by atoms with Gasteiger partial charge in [-0.25, -0.2) is 0 Å². The molecule has 0 spiro atoms. The Labute approximate surface area is 199 Å². The van der Waals surface area contributed by atoms with Crippen LogP contribution in [0.2, 0.25) is 0 Å². The van der Waals surface area contributed by atoms with Gasteiger partial charge in [-0.15, -0.1) is 0 Å². The molecular formula is C24H34O9S. The number of carbonyl (C=O) groups is 2. The third-order valence-corrected chi connectivity index (χ3v) is 9.55. The van der Waals surface area contributed by atoms with Crippen LogP contribution in [-0.4, -0.2) is 79.2 Å². The standard InChI is InChI=1S/C24H34O9S/c1-22-7-6-15(26)10-14(22)4-5-16-17-11-20(32-8-9-33-34(3,30)31)24(29,19(28)13-25)23(17,2)12-18(27)21(16)22/h6-7,10,16-18,20-21,25,27,29H,4-5,8-9,11-13H2,1-3H3/t16-,17-,18-,20+,21+,22-,23-,24+/m0/s1. The molecule has 0 heterocycles. The topological polar surface area (TPSA) is 147 Å². The molecule has 3 saturated carbocycles. The number of rotatable bonds is 7. The quantitative estimate of drug-likeness (QED) is 0.338. The molecule has 0 radical (unpaired) electrons. The van der Waals surface area contributed by atoms with Crippen LogP contribution in [0.4, 0.5) is 0 Å². The van der Waals surface area contributed by atoms with Gasteiger partial charge >= 0.3 is 0 Å². The average molecular weight is 499 g/mol. The first kappa shape index (κ1) is 25.7. The maximum Gasteiger partial charge on any atom is 0.264 e. The summed E-state index contributed by atoms with van der Waals surface area (Å²) in [5, 5.41) is 32.9. The molecule has 190 valence electrons. The van der Waals surface area contributed by atoms with Crippen LogP contribution in [0.3, 0.4) is 0 Å². The zero-order valence-corrected chi connectivity index (χ0v) is 20.6. The molecule has 3 N–H and O–H groups in total. The third kappa shape index (κ3) is 3.83. The summed E-state index contributed by atoms with van der Waals surface area (Å²) < 4.78 is 33.1. The highest BCUT2D eigenvalue weighted by atomic mass is 32.2. The lowest BCUT2D eigenvalue weighted by Crippen LogP contribution is -2.64. The molecule has 4 aliphatic rings. The lowest BCUT2D eigenvalue weighted by molar-refractivity contribution is -0.195. The maximum atomic E-state index is 12.9. The monoisotopic (exact) mass is 498 g/mol. The van der Waals surface area contributed by atoms with E-state index in [4.69, 9.17) is 8.92 Å². The molecule has 0 aromatic carbocycles. The van der Waals surface area contributed by atoms with E-state index < -0.39 is 51.1 Å². The summed E-state index contributed by atoms with van der Waals surface area (Å²) in [6.07, 6.45) is 5.99. The SMILES string of the molecule is C[C@]12C=CC(=O)C=C1CC[C@@H]1[C@@H]2[C@@H](O)C[C@@]2(C)[C@H]1C[C@@H](OCCOS(C)(=O)=O)[C@]2(O)C(=O)CO. The molecule has 4 rings (SSSR count). The van der Waals surface area contributed by atoms with Gasteiger partial charge in [0.25, 0.3) is 10.1 Å². The van der Waals surface area contributed by atoms with Crippen LogP contribution in [0.5, 0.6) is 0 Å². The highest BCUT2D eigenvalue weighted by molar-refractivity contribution is 7.85. The van der Waals surface area contributed by atoms with E-state index in [1.807, 2.05) is 13.0 Å². The second kappa shape index (κ2) is 8.60. The number of hydrogen-bond donors (Lipinski definition) is 3. The number of allylic oxidation sites excluding steroid dienone is 4. The molecule has 0 saturated heterocycles. The third-order valence-electron chi connectivity index (χ3n) is 8.96. The maximum absolute atomic E-state index is 12.9. The Bertz CT molecular complexity index is 1030. The fourth-order valence-electron chi connectivity index (χ4n) is 7.50. The van der Waals surface area contributed by atoms with Gasteiger partial charge in [0, 0.05) is 16.7 Å². The van der Waals surface area contributed by atoms with Crippen molar-refractivity contribution in [1.29, 1.82) is 0 Å². The van der Waals surface area contributed by atoms with Crippen molar-refractivity contribution in [3.63, 3.8) is 0 Å². The minimum absolute atomic E-state index is 0.0485. The summed E-state index contributed by atoms with van der Waals surface area (Å²) in [5.74, 6) is -1.27. The van der Waals surface area contributed by atoms with Crippen LogP contribution in [0, 0.1) is 28.6 Å². The number of fused-ring (bicyclic) bond motifs is 5. The summed E-state index contributed by atoms with van der Waals surface area (Å²) in [6, 6.07) is 0. The average Bonchev–Trinajstić information content (AvgIpc) is 2.97. The van der Waals surface area contributed by atoms with Gasteiger partial charge in [-0.3, -0.25) is 13.8 Å². The van der Waals surface area contributed by atoms with E-state index in [-0.39, 0.29) is 43.2 Å². The van der Waals surface area contributed by atoms with Gasteiger partial charge in [0.05, 0.1) is 31.7 Å². The first-order valence-electron chi connectivity index (χ1n) is 11.7. The van der Waals surface area contributed by atoms with Crippen molar-refractivity contribution in [2.24, 2.45) is 28.6 Å². The Morgan fingerprint density at radius 2 is 1.97 bits per heavy atom. The molecule has 9 nitrogen and oxygen atoms in total. The molecule has 10 heteroatoms. The molecule has 34 heavy (non-hydrogen) atoms. The molecule has 0 aromatic heterocycles. The molecular weight excluding hydrogens is 464 g/mol. The first-order chi connectivity index (χ1) is 15.8. The zero-order chi connectivity index (χ0) is 25.1. The van der Waals surface area contributed by atoms with E-state index in [0.29, 0.717) is 19.3 Å². The van der Waals surface area contributed by atoms with Crippen LogP contribution in [0.1, 0.15) is 39.5 Å². The minimum atomic E-state index is -3.67. The fourth-order valence-corrected chi connectivity index (χ4v) is 7.87. The van der Waals surface area contributed by atoms with Gasteiger partial charge in [0.1, 0.15) is 6.61 Å². The van der Waals surface area contributed by atoms with Crippen molar-refractivity contribution in [2.75, 3.05) is 26.1 Å². The van der Waals surface area contributed by atoms with E-state index in [9.17, 15) is 33.3 Å². The molecule has 0 unspecified atom stereocenters.